The molecule has 0 unspecified atom stereocenters. The van der Waals surface area contributed by atoms with Crippen molar-refractivity contribution in [2.24, 2.45) is 0 Å². The summed E-state index contributed by atoms with van der Waals surface area (Å²) in [5.41, 5.74) is 1.29. The van der Waals surface area contributed by atoms with Crippen molar-refractivity contribution in [2.75, 3.05) is 5.75 Å². The fraction of sp³-hybridized carbons (Fsp3) is 0.143. The summed E-state index contributed by atoms with van der Waals surface area (Å²) in [6.45, 7) is 1.84. The van der Waals surface area contributed by atoms with E-state index in [2.05, 4.69) is 0 Å². The molecule has 4 nitrogen and oxygen atoms in total. The molecule has 152 valence electrons. The van der Waals surface area contributed by atoms with Gasteiger partial charge in [0.15, 0.2) is 19.7 Å². The van der Waals surface area contributed by atoms with Crippen molar-refractivity contribution in [2.45, 2.75) is 22.0 Å². The topological polar surface area (TPSA) is 68.3 Å². The van der Waals surface area contributed by atoms with Gasteiger partial charge in [0.2, 0.25) is 0 Å². The van der Waals surface area contributed by atoms with E-state index in [1.165, 1.54) is 30.3 Å². The van der Waals surface area contributed by atoms with Crippen molar-refractivity contribution < 1.29 is 16.8 Å². The lowest BCUT2D eigenvalue weighted by Crippen LogP contribution is -2.23. The zero-order chi connectivity index (χ0) is 21.2. The molecule has 0 aliphatic carbocycles. The molecule has 29 heavy (non-hydrogen) atoms. The number of halogens is 2. The van der Waals surface area contributed by atoms with E-state index in [1.54, 1.807) is 42.5 Å². The second kappa shape index (κ2) is 8.48. The van der Waals surface area contributed by atoms with Crippen molar-refractivity contribution >= 4 is 42.9 Å². The van der Waals surface area contributed by atoms with Gasteiger partial charge in [-0.25, -0.2) is 16.8 Å². The van der Waals surface area contributed by atoms with Crippen molar-refractivity contribution in [1.82, 2.24) is 0 Å². The molecule has 3 aromatic carbocycles. The van der Waals surface area contributed by atoms with Crippen LogP contribution in [-0.4, -0.2) is 22.6 Å². The Labute approximate surface area is 180 Å². The molecule has 3 rings (SSSR count). The maximum Gasteiger partial charge on any atom is 0.186 e. The molecule has 0 N–H and O–H groups in total. The van der Waals surface area contributed by atoms with E-state index in [-0.39, 0.29) is 19.8 Å². The monoisotopic (exact) mass is 468 g/mol. The van der Waals surface area contributed by atoms with Gasteiger partial charge in [0.05, 0.1) is 20.6 Å². The standard InChI is InChI=1S/C21H18Cl2O4S2/c1-15-7-10-18(11-8-15)29(26,27)21(16-5-3-2-4-6-16)14-28(24,25)20-13-17(22)9-12-19(20)23/h2-13,21H,14H2,1H3/t21-/m0/s1. The van der Waals surface area contributed by atoms with E-state index in [9.17, 15) is 16.8 Å². The Morgan fingerprint density at radius 3 is 2.07 bits per heavy atom. The number of aryl methyl sites for hydroxylation is 1. The van der Waals surface area contributed by atoms with Gasteiger partial charge in [-0.3, -0.25) is 0 Å². The second-order valence-corrected chi connectivity index (χ2v) is 11.6. The van der Waals surface area contributed by atoms with E-state index in [0.717, 1.165) is 5.56 Å². The maximum atomic E-state index is 13.4. The molecule has 0 aliphatic rings. The first kappa shape index (κ1) is 21.8. The van der Waals surface area contributed by atoms with Crippen molar-refractivity contribution in [3.8, 4) is 0 Å². The SMILES string of the molecule is Cc1ccc(S(=O)(=O)[C@@H](CS(=O)(=O)c2cc(Cl)ccc2Cl)c2ccccc2)cc1. The van der Waals surface area contributed by atoms with Crippen LogP contribution in [0.1, 0.15) is 16.4 Å². The summed E-state index contributed by atoms with van der Waals surface area (Å²) in [7, 11) is -8.05. The van der Waals surface area contributed by atoms with Crippen LogP contribution >= 0.6 is 23.2 Å². The first-order valence-corrected chi connectivity index (χ1v) is 12.6. The highest BCUT2D eigenvalue weighted by molar-refractivity contribution is 7.95. The third kappa shape index (κ3) is 4.83. The molecule has 0 bridgehead atoms. The Hall–Kier alpha value is -1.86. The maximum absolute atomic E-state index is 13.4. The molecular weight excluding hydrogens is 451 g/mol. The molecule has 0 saturated heterocycles. The smallest absolute Gasteiger partial charge is 0.186 e. The average Bonchev–Trinajstić information content (AvgIpc) is 2.69. The van der Waals surface area contributed by atoms with Gasteiger partial charge in [-0.1, -0.05) is 71.2 Å². The zero-order valence-corrected chi connectivity index (χ0v) is 18.6. The minimum Gasteiger partial charge on any atom is -0.224 e. The molecule has 0 heterocycles. The second-order valence-electron chi connectivity index (χ2n) is 6.61. The molecule has 0 aliphatic heterocycles. The van der Waals surface area contributed by atoms with Crippen LogP contribution in [0.3, 0.4) is 0 Å². The van der Waals surface area contributed by atoms with Gasteiger partial charge in [-0.15, -0.1) is 0 Å². The van der Waals surface area contributed by atoms with Crippen molar-refractivity contribution in [1.29, 1.82) is 0 Å². The van der Waals surface area contributed by atoms with Gasteiger partial charge in [-0.2, -0.15) is 0 Å². The zero-order valence-electron chi connectivity index (χ0n) is 15.4. The van der Waals surface area contributed by atoms with Crippen LogP contribution < -0.4 is 0 Å². The van der Waals surface area contributed by atoms with Crippen LogP contribution in [0.25, 0.3) is 0 Å². The van der Waals surface area contributed by atoms with E-state index < -0.39 is 30.7 Å². The lowest BCUT2D eigenvalue weighted by Gasteiger charge is -2.19. The first-order chi connectivity index (χ1) is 13.6. The van der Waals surface area contributed by atoms with Crippen LogP contribution in [-0.2, 0) is 19.7 Å². The summed E-state index contributed by atoms with van der Waals surface area (Å²) in [4.78, 5) is -0.129. The summed E-state index contributed by atoms with van der Waals surface area (Å²) in [5.74, 6) is -0.659. The van der Waals surface area contributed by atoms with Gasteiger partial charge < -0.3 is 0 Å². The molecule has 0 spiro atoms. The van der Waals surface area contributed by atoms with Gasteiger partial charge >= 0.3 is 0 Å². The first-order valence-electron chi connectivity index (χ1n) is 8.64. The highest BCUT2D eigenvalue weighted by atomic mass is 35.5. The number of sulfone groups is 2. The number of rotatable bonds is 6. The summed E-state index contributed by atoms with van der Waals surface area (Å²) in [6.07, 6.45) is 0. The summed E-state index contributed by atoms with van der Waals surface area (Å²) < 4.78 is 53.0. The summed E-state index contributed by atoms with van der Waals surface area (Å²) >= 11 is 12.0. The Kier molecular flexibility index (Phi) is 6.39. The Morgan fingerprint density at radius 1 is 0.828 bits per heavy atom. The third-order valence-corrected chi connectivity index (χ3v) is 9.28. The van der Waals surface area contributed by atoms with E-state index in [4.69, 9.17) is 23.2 Å². The average molecular weight is 469 g/mol. The number of benzene rings is 3. The fourth-order valence-electron chi connectivity index (χ4n) is 2.93. The Balaban J connectivity index is 2.12. The van der Waals surface area contributed by atoms with Crippen molar-refractivity contribution in [3.05, 3.63) is 94.0 Å². The third-order valence-electron chi connectivity index (χ3n) is 4.49. The molecule has 0 fully saturated rings. The van der Waals surface area contributed by atoms with Crippen molar-refractivity contribution in [3.63, 3.8) is 0 Å². The lowest BCUT2D eigenvalue weighted by molar-refractivity contribution is 0.576. The highest BCUT2D eigenvalue weighted by Gasteiger charge is 2.35. The van der Waals surface area contributed by atoms with Gasteiger partial charge in [0.1, 0.15) is 5.25 Å². The molecule has 0 aromatic heterocycles. The number of hydrogen-bond acceptors (Lipinski definition) is 4. The molecule has 8 heteroatoms. The van der Waals surface area contributed by atoms with Crippen LogP contribution in [0.15, 0.2) is 82.6 Å². The predicted octanol–water partition coefficient (Wildman–Crippen LogP) is 5.29. The largest absolute Gasteiger partial charge is 0.224 e. The van der Waals surface area contributed by atoms with Crippen LogP contribution in [0.2, 0.25) is 10.0 Å². The molecular formula is C21H18Cl2O4S2. The van der Waals surface area contributed by atoms with E-state index >= 15 is 0 Å². The fourth-order valence-corrected chi connectivity index (χ4v) is 7.69. The quantitative estimate of drug-likeness (QED) is 0.492. The van der Waals surface area contributed by atoms with Crippen LogP contribution in [0.4, 0.5) is 0 Å². The number of hydrogen-bond donors (Lipinski definition) is 0. The van der Waals surface area contributed by atoms with E-state index in [1.807, 2.05) is 6.92 Å². The van der Waals surface area contributed by atoms with Crippen LogP contribution in [0.5, 0.6) is 0 Å². The highest BCUT2D eigenvalue weighted by Crippen LogP contribution is 2.34. The summed E-state index contributed by atoms with van der Waals surface area (Å²) in [5, 5.41) is -1.11. The minimum atomic E-state index is -4.06. The molecule has 0 radical (unpaired) electrons. The molecule has 0 saturated carbocycles. The Bertz CT molecular complexity index is 1220. The normalized spacial score (nSPS) is 13.2. The van der Waals surface area contributed by atoms with Gasteiger partial charge in [-0.05, 0) is 42.8 Å². The van der Waals surface area contributed by atoms with Gasteiger partial charge in [0.25, 0.3) is 0 Å². The van der Waals surface area contributed by atoms with Crippen LogP contribution in [0, 0.1) is 6.92 Å². The molecule has 1 atom stereocenters. The lowest BCUT2D eigenvalue weighted by atomic mass is 10.2. The molecule has 0 amide bonds. The summed E-state index contributed by atoms with van der Waals surface area (Å²) in [6, 6.07) is 18.7. The predicted molar refractivity (Wildman–Crippen MR) is 116 cm³/mol. The van der Waals surface area contributed by atoms with Gasteiger partial charge in [0, 0.05) is 5.02 Å². The Morgan fingerprint density at radius 2 is 1.45 bits per heavy atom. The minimum absolute atomic E-state index is 0.00561. The molecule has 3 aromatic rings. The van der Waals surface area contributed by atoms with E-state index in [0.29, 0.717) is 5.56 Å².